The number of aromatic carboxylic acids is 1. The smallest absolute Gasteiger partial charge is 0.243 e. The fourth-order valence-corrected chi connectivity index (χ4v) is 5.58. The number of carbonyl (C=O) groups is 1. The van der Waals surface area contributed by atoms with E-state index in [4.69, 9.17) is 4.42 Å². The zero-order valence-electron chi connectivity index (χ0n) is 17.1. The van der Waals surface area contributed by atoms with E-state index < -0.39 is 16.0 Å². The van der Waals surface area contributed by atoms with Crippen LogP contribution in [0.25, 0.3) is 11.0 Å². The number of sulfonamides is 1. The Balaban J connectivity index is 1.61. The minimum atomic E-state index is -3.73. The summed E-state index contributed by atoms with van der Waals surface area (Å²) in [6.07, 6.45) is 0. The number of anilines is 1. The normalized spacial score (nSPS) is 18.1. The van der Waals surface area contributed by atoms with Crippen LogP contribution in [0.15, 0.2) is 51.8 Å². The topological polar surface area (TPSA) is 93.9 Å². The second-order valence-electron chi connectivity index (χ2n) is 7.75. The van der Waals surface area contributed by atoms with Crippen LogP contribution in [0.5, 0.6) is 0 Å². The number of hydrogen-bond acceptors (Lipinski definition) is 6. The Morgan fingerprint density at radius 1 is 1.13 bits per heavy atom. The summed E-state index contributed by atoms with van der Waals surface area (Å²) in [6.45, 7) is 6.95. The van der Waals surface area contributed by atoms with Gasteiger partial charge in [-0.2, -0.15) is 4.31 Å². The van der Waals surface area contributed by atoms with Crippen LogP contribution in [0.2, 0.25) is 0 Å². The Morgan fingerprint density at radius 2 is 1.90 bits per heavy atom. The fraction of sp³-hybridized carbons (Fsp3) is 0.318. The maximum Gasteiger partial charge on any atom is 0.243 e. The summed E-state index contributed by atoms with van der Waals surface area (Å²) in [5.74, 6) is -1.70. The number of benzene rings is 2. The van der Waals surface area contributed by atoms with E-state index in [2.05, 4.69) is 11.0 Å². The van der Waals surface area contributed by atoms with Crippen LogP contribution in [0.4, 0.5) is 5.69 Å². The van der Waals surface area contributed by atoms with Gasteiger partial charge in [0.25, 0.3) is 0 Å². The molecule has 2 aromatic carbocycles. The molecule has 30 heavy (non-hydrogen) atoms. The molecule has 1 fully saturated rings. The van der Waals surface area contributed by atoms with Gasteiger partial charge in [-0.15, -0.1) is 0 Å². The lowest BCUT2D eigenvalue weighted by Crippen LogP contribution is -2.53. The van der Waals surface area contributed by atoms with Gasteiger partial charge in [0.1, 0.15) is 11.6 Å². The van der Waals surface area contributed by atoms with Crippen LogP contribution < -0.4 is 10.0 Å². The molecule has 158 valence electrons. The maximum absolute atomic E-state index is 13.3. The molecule has 2 heterocycles. The summed E-state index contributed by atoms with van der Waals surface area (Å²) in [6, 6.07) is 12.6. The van der Waals surface area contributed by atoms with Crippen LogP contribution in [0, 0.1) is 13.8 Å². The van der Waals surface area contributed by atoms with Gasteiger partial charge in [0, 0.05) is 42.3 Å². The number of carboxylic acid groups (broad SMARTS) is 1. The van der Waals surface area contributed by atoms with E-state index in [-0.39, 0.29) is 16.7 Å². The molecule has 1 unspecified atom stereocenters. The standard InChI is InChI=1S/C22H24N2O5S/c1-14-5-4-6-17(11-14)24-10-9-23(13-15(24)2)30(27,28)18-7-8-20-19(12-18)16(3)21(29-20)22(25)26/h4-8,11-12,15H,9-10,13H2,1-3H3,(H,25,26)/p-1. The average Bonchev–Trinajstić information content (AvgIpc) is 3.04. The van der Waals surface area contributed by atoms with Crippen LogP contribution in [0.3, 0.4) is 0 Å². The van der Waals surface area contributed by atoms with Crippen LogP contribution in [0.1, 0.15) is 28.6 Å². The van der Waals surface area contributed by atoms with Crippen molar-refractivity contribution in [3.63, 3.8) is 0 Å². The first kappa shape index (κ1) is 20.4. The largest absolute Gasteiger partial charge is 0.542 e. The summed E-state index contributed by atoms with van der Waals surface area (Å²) < 4.78 is 33.3. The molecular formula is C22H23N2O5S-. The van der Waals surface area contributed by atoms with Crippen molar-refractivity contribution in [2.45, 2.75) is 31.7 Å². The summed E-state index contributed by atoms with van der Waals surface area (Å²) in [5.41, 5.74) is 2.93. The van der Waals surface area contributed by atoms with Crippen molar-refractivity contribution >= 4 is 32.6 Å². The third-order valence-electron chi connectivity index (χ3n) is 5.65. The molecule has 0 radical (unpaired) electrons. The Bertz CT molecular complexity index is 1230. The molecule has 0 amide bonds. The molecule has 1 aromatic heterocycles. The minimum absolute atomic E-state index is 0.0133. The number of rotatable bonds is 4. The van der Waals surface area contributed by atoms with Crippen molar-refractivity contribution in [1.29, 1.82) is 0 Å². The Hall–Kier alpha value is -2.84. The molecule has 1 aliphatic rings. The van der Waals surface area contributed by atoms with Crippen molar-refractivity contribution in [1.82, 2.24) is 4.31 Å². The number of carboxylic acids is 1. The third kappa shape index (κ3) is 3.46. The van der Waals surface area contributed by atoms with Gasteiger partial charge in [-0.1, -0.05) is 12.1 Å². The van der Waals surface area contributed by atoms with Gasteiger partial charge in [0.05, 0.1) is 4.90 Å². The van der Waals surface area contributed by atoms with Gasteiger partial charge in [0.15, 0.2) is 5.76 Å². The zero-order chi connectivity index (χ0) is 21.6. The molecule has 8 heteroatoms. The van der Waals surface area contributed by atoms with E-state index in [0.717, 1.165) is 11.3 Å². The van der Waals surface area contributed by atoms with Gasteiger partial charge in [-0.05, 0) is 56.7 Å². The Labute approximate surface area is 175 Å². The quantitative estimate of drug-likeness (QED) is 0.634. The lowest BCUT2D eigenvalue weighted by molar-refractivity contribution is -0.257. The maximum atomic E-state index is 13.3. The number of piperazine rings is 1. The monoisotopic (exact) mass is 427 g/mol. The number of carbonyl (C=O) groups excluding carboxylic acids is 1. The number of nitrogens with zero attached hydrogens (tertiary/aromatic N) is 2. The molecule has 0 saturated carbocycles. The second kappa shape index (κ2) is 7.45. The SMILES string of the molecule is Cc1cccc(N2CCN(S(=O)(=O)c3ccc4oc(C(=O)[O-])c(C)c4c3)CC2C)c1. The van der Waals surface area contributed by atoms with Gasteiger partial charge in [-0.3, -0.25) is 0 Å². The molecule has 1 aliphatic heterocycles. The highest BCUT2D eigenvalue weighted by Crippen LogP contribution is 2.30. The van der Waals surface area contributed by atoms with Crippen LogP contribution in [-0.4, -0.2) is 44.4 Å². The summed E-state index contributed by atoms with van der Waals surface area (Å²) in [7, 11) is -3.73. The Kier molecular flexibility index (Phi) is 5.07. The van der Waals surface area contributed by atoms with Crippen molar-refractivity contribution in [2.75, 3.05) is 24.5 Å². The van der Waals surface area contributed by atoms with Gasteiger partial charge in [-0.25, -0.2) is 8.42 Å². The molecule has 1 atom stereocenters. The number of hydrogen-bond donors (Lipinski definition) is 0. The van der Waals surface area contributed by atoms with E-state index in [1.807, 2.05) is 32.0 Å². The van der Waals surface area contributed by atoms with Gasteiger partial charge in [0.2, 0.25) is 10.0 Å². The summed E-state index contributed by atoms with van der Waals surface area (Å²) in [4.78, 5) is 13.5. The fourth-order valence-electron chi connectivity index (χ4n) is 4.04. The highest BCUT2D eigenvalue weighted by Gasteiger charge is 2.32. The van der Waals surface area contributed by atoms with Gasteiger partial charge < -0.3 is 19.2 Å². The first-order valence-electron chi connectivity index (χ1n) is 9.76. The van der Waals surface area contributed by atoms with Crippen molar-refractivity contribution in [3.8, 4) is 0 Å². The number of fused-ring (bicyclic) bond motifs is 1. The van der Waals surface area contributed by atoms with E-state index >= 15 is 0 Å². The number of furan rings is 1. The molecule has 0 N–H and O–H groups in total. The highest BCUT2D eigenvalue weighted by atomic mass is 32.2. The molecule has 0 aliphatic carbocycles. The summed E-state index contributed by atoms with van der Waals surface area (Å²) >= 11 is 0. The average molecular weight is 428 g/mol. The van der Waals surface area contributed by atoms with Crippen LogP contribution in [-0.2, 0) is 10.0 Å². The molecule has 0 spiro atoms. The first-order chi connectivity index (χ1) is 14.2. The Morgan fingerprint density at radius 3 is 2.57 bits per heavy atom. The van der Waals surface area contributed by atoms with Crippen LogP contribution >= 0.6 is 0 Å². The van der Waals surface area contributed by atoms with Crippen molar-refractivity contribution < 1.29 is 22.7 Å². The molecule has 0 bridgehead atoms. The van der Waals surface area contributed by atoms with E-state index in [1.54, 1.807) is 6.92 Å². The van der Waals surface area contributed by atoms with E-state index in [0.29, 0.717) is 36.2 Å². The third-order valence-corrected chi connectivity index (χ3v) is 7.52. The highest BCUT2D eigenvalue weighted by molar-refractivity contribution is 7.89. The first-order valence-corrected chi connectivity index (χ1v) is 11.2. The van der Waals surface area contributed by atoms with Gasteiger partial charge >= 0.3 is 0 Å². The molecule has 4 rings (SSSR count). The van der Waals surface area contributed by atoms with Crippen molar-refractivity contribution in [3.05, 3.63) is 59.4 Å². The molecule has 3 aromatic rings. The predicted molar refractivity (Wildman–Crippen MR) is 112 cm³/mol. The lowest BCUT2D eigenvalue weighted by Gasteiger charge is -2.40. The molecular weight excluding hydrogens is 404 g/mol. The predicted octanol–water partition coefficient (Wildman–Crippen LogP) is 2.31. The van der Waals surface area contributed by atoms with E-state index in [9.17, 15) is 18.3 Å². The van der Waals surface area contributed by atoms with E-state index in [1.165, 1.54) is 22.5 Å². The molecule has 1 saturated heterocycles. The molecule has 7 nitrogen and oxygen atoms in total. The number of aryl methyl sites for hydroxylation is 2. The second-order valence-corrected chi connectivity index (χ2v) is 9.68. The minimum Gasteiger partial charge on any atom is -0.542 e. The van der Waals surface area contributed by atoms with Crippen molar-refractivity contribution in [2.24, 2.45) is 0 Å². The zero-order valence-corrected chi connectivity index (χ0v) is 17.9. The summed E-state index contributed by atoms with van der Waals surface area (Å²) in [5, 5.41) is 11.6. The lowest BCUT2D eigenvalue weighted by atomic mass is 10.1.